The van der Waals surface area contributed by atoms with Gasteiger partial charge in [-0.3, -0.25) is 0 Å². The van der Waals surface area contributed by atoms with Gasteiger partial charge in [0.2, 0.25) is 0 Å². The van der Waals surface area contributed by atoms with Gasteiger partial charge >= 0.3 is 0 Å². The van der Waals surface area contributed by atoms with Gasteiger partial charge in [0, 0.05) is 39.4 Å². The highest BCUT2D eigenvalue weighted by Crippen LogP contribution is 2.61. The first-order chi connectivity index (χ1) is 27.6. The lowest BCUT2D eigenvalue weighted by atomic mass is 9.60. The summed E-state index contributed by atoms with van der Waals surface area (Å²) in [5.41, 5.74) is 15.1. The van der Waals surface area contributed by atoms with Gasteiger partial charge in [0.1, 0.15) is 0 Å². The van der Waals surface area contributed by atoms with E-state index in [9.17, 15) is 0 Å². The molecule has 5 aromatic carbocycles. The maximum atomic E-state index is 2.77. The van der Waals surface area contributed by atoms with E-state index < -0.39 is 0 Å². The van der Waals surface area contributed by atoms with E-state index in [0.717, 1.165) is 0 Å². The van der Waals surface area contributed by atoms with E-state index in [-0.39, 0.29) is 16.4 Å². The summed E-state index contributed by atoms with van der Waals surface area (Å²) in [5, 5.41) is 0. The fraction of sp³-hybridized carbons (Fsp3) is 0.455. The molecule has 0 bridgehead atoms. The van der Waals surface area contributed by atoms with Crippen LogP contribution in [0.5, 0.6) is 0 Å². The Morgan fingerprint density at radius 2 is 1.11 bits per heavy atom. The zero-order valence-corrected chi connectivity index (χ0v) is 35.6. The summed E-state index contributed by atoms with van der Waals surface area (Å²) in [6.45, 7) is 12.2. The van der Waals surface area contributed by atoms with Gasteiger partial charge < -0.3 is 9.80 Å². The minimum Gasteiger partial charge on any atom is -0.335 e. The number of hydrogen-bond acceptors (Lipinski definition) is 2. The lowest BCUT2D eigenvalue weighted by Crippen LogP contribution is -2.53. The fourth-order valence-corrected chi connectivity index (χ4v) is 11.7. The van der Waals surface area contributed by atoms with Gasteiger partial charge in [0.15, 0.2) is 0 Å². The van der Waals surface area contributed by atoms with Crippen molar-refractivity contribution < 1.29 is 0 Å². The van der Waals surface area contributed by atoms with Gasteiger partial charge in [-0.25, -0.2) is 0 Å². The van der Waals surface area contributed by atoms with E-state index >= 15 is 0 Å². The van der Waals surface area contributed by atoms with Crippen LogP contribution in [0.1, 0.15) is 165 Å². The lowest BCUT2D eigenvalue weighted by molar-refractivity contribution is 0.199. The molecule has 0 unspecified atom stereocenters. The summed E-state index contributed by atoms with van der Waals surface area (Å²) >= 11 is 0. The van der Waals surface area contributed by atoms with Crippen LogP contribution in [0.3, 0.4) is 0 Å². The Balaban J connectivity index is 1.26. The number of nitrogens with zero attached hydrogens (tertiary/aromatic N) is 2. The Morgan fingerprint density at radius 1 is 0.526 bits per heavy atom. The minimum absolute atomic E-state index is 0.0989. The molecule has 9 rings (SSSR count). The van der Waals surface area contributed by atoms with Crippen LogP contribution >= 0.6 is 0 Å². The van der Waals surface area contributed by atoms with Gasteiger partial charge in [-0.05, 0) is 152 Å². The summed E-state index contributed by atoms with van der Waals surface area (Å²) < 4.78 is 0. The third kappa shape index (κ3) is 7.14. The average molecular weight is 755 g/mol. The molecular formula is C55H66N2. The topological polar surface area (TPSA) is 6.48 Å². The van der Waals surface area contributed by atoms with E-state index in [0.29, 0.717) is 11.8 Å². The Morgan fingerprint density at radius 3 is 1.68 bits per heavy atom. The lowest BCUT2D eigenvalue weighted by Gasteiger charge is -2.49. The average Bonchev–Trinajstić information content (AvgIpc) is 3.43. The zero-order chi connectivity index (χ0) is 39.2. The molecule has 1 aliphatic heterocycles. The van der Waals surface area contributed by atoms with Crippen molar-refractivity contribution >= 4 is 28.4 Å². The van der Waals surface area contributed by atoms with Gasteiger partial charge in [-0.1, -0.05) is 145 Å². The number of rotatable bonds is 7. The van der Waals surface area contributed by atoms with Crippen LogP contribution in [0.4, 0.5) is 28.4 Å². The Hall–Kier alpha value is -4.30. The number of hydrogen-bond donors (Lipinski definition) is 0. The van der Waals surface area contributed by atoms with Crippen LogP contribution < -0.4 is 9.80 Å². The number of anilines is 5. The molecule has 3 fully saturated rings. The molecule has 5 aromatic rings. The predicted octanol–water partition coefficient (Wildman–Crippen LogP) is 16.3. The molecule has 0 aromatic heterocycles. The highest BCUT2D eigenvalue weighted by atomic mass is 15.3. The SMILES string of the molecule is CC(C)(C)c1ccc2c(c1)C1(CCCCC1)C(C)(C)N2c1cc(-c2ccccc2)cc(N(c2cccc(C3CCCCC3)c2)c2cccc(C3CCCCC3)c2)c1. The maximum Gasteiger partial charge on any atom is 0.0492 e. The molecule has 4 aliphatic rings. The van der Waals surface area contributed by atoms with Gasteiger partial charge in [0.05, 0.1) is 0 Å². The van der Waals surface area contributed by atoms with E-state index in [1.165, 1.54) is 153 Å². The molecule has 0 saturated heterocycles. The quantitative estimate of drug-likeness (QED) is 0.163. The Labute approximate surface area is 344 Å². The minimum atomic E-state index is -0.106. The summed E-state index contributed by atoms with van der Waals surface area (Å²) in [4.78, 5) is 5.38. The van der Waals surface area contributed by atoms with Gasteiger partial charge in [-0.15, -0.1) is 0 Å². The normalized spacial score (nSPS) is 19.8. The Bertz CT molecular complexity index is 2110. The van der Waals surface area contributed by atoms with Crippen molar-refractivity contribution in [3.63, 3.8) is 0 Å². The monoisotopic (exact) mass is 755 g/mol. The molecule has 2 heteroatoms. The second-order valence-electron chi connectivity index (χ2n) is 19.8. The van der Waals surface area contributed by atoms with Crippen LogP contribution in [0, 0.1) is 0 Å². The number of benzene rings is 5. The van der Waals surface area contributed by atoms with Crippen molar-refractivity contribution in [1.29, 1.82) is 0 Å². The zero-order valence-electron chi connectivity index (χ0n) is 35.6. The first kappa shape index (κ1) is 38.2. The molecular weight excluding hydrogens is 689 g/mol. The molecule has 296 valence electrons. The second kappa shape index (κ2) is 15.5. The highest BCUT2D eigenvalue weighted by Gasteiger charge is 2.57. The first-order valence-corrected chi connectivity index (χ1v) is 22.8. The molecule has 3 aliphatic carbocycles. The van der Waals surface area contributed by atoms with Crippen LogP contribution in [-0.4, -0.2) is 5.54 Å². The third-order valence-corrected chi connectivity index (χ3v) is 15.0. The van der Waals surface area contributed by atoms with E-state index in [1.807, 2.05) is 0 Å². The molecule has 3 saturated carbocycles. The van der Waals surface area contributed by atoms with Crippen LogP contribution in [-0.2, 0) is 10.8 Å². The van der Waals surface area contributed by atoms with Gasteiger partial charge in [0.25, 0.3) is 0 Å². The second-order valence-corrected chi connectivity index (χ2v) is 19.8. The van der Waals surface area contributed by atoms with Crippen LogP contribution in [0.15, 0.2) is 115 Å². The standard InChI is InChI=1S/C55H66N2/c1-53(2,3)46-30-31-52-51(38-46)55(32-16-9-17-33-55)54(4,5)57(52)50-37-45(42-24-14-8-15-25-42)36-49(39-50)56(47-28-18-26-43(34-47)40-20-10-6-11-21-40)48-29-19-27-44(35-48)41-22-12-7-13-23-41/h8,14-15,18-19,24-31,34-41H,6-7,9-13,16-17,20-23,32-33H2,1-5H3. The molecule has 1 spiro atoms. The first-order valence-electron chi connectivity index (χ1n) is 22.8. The summed E-state index contributed by atoms with van der Waals surface area (Å²) in [5.74, 6) is 1.29. The van der Waals surface area contributed by atoms with E-state index in [2.05, 4.69) is 160 Å². The fourth-order valence-electron chi connectivity index (χ4n) is 11.7. The highest BCUT2D eigenvalue weighted by molar-refractivity contribution is 5.87. The van der Waals surface area contributed by atoms with Crippen LogP contribution in [0.2, 0.25) is 0 Å². The molecule has 2 nitrogen and oxygen atoms in total. The molecule has 1 heterocycles. The predicted molar refractivity (Wildman–Crippen MR) is 244 cm³/mol. The largest absolute Gasteiger partial charge is 0.335 e. The van der Waals surface area contributed by atoms with Gasteiger partial charge in [-0.2, -0.15) is 0 Å². The summed E-state index contributed by atoms with van der Waals surface area (Å²) in [6, 6.07) is 45.4. The third-order valence-electron chi connectivity index (χ3n) is 15.0. The van der Waals surface area contributed by atoms with Crippen molar-refractivity contribution in [3.05, 3.63) is 138 Å². The molecule has 0 amide bonds. The van der Waals surface area contributed by atoms with E-state index in [1.54, 1.807) is 5.56 Å². The smallest absolute Gasteiger partial charge is 0.0492 e. The number of fused-ring (bicyclic) bond motifs is 2. The molecule has 57 heavy (non-hydrogen) atoms. The van der Waals surface area contributed by atoms with Crippen LogP contribution in [0.25, 0.3) is 11.1 Å². The summed E-state index contributed by atoms with van der Waals surface area (Å²) in [7, 11) is 0. The van der Waals surface area contributed by atoms with E-state index in [4.69, 9.17) is 0 Å². The van der Waals surface area contributed by atoms with Crippen molar-refractivity contribution in [3.8, 4) is 11.1 Å². The molecule has 0 N–H and O–H groups in total. The maximum absolute atomic E-state index is 2.77. The van der Waals surface area contributed by atoms with Crippen molar-refractivity contribution in [2.24, 2.45) is 0 Å². The van der Waals surface area contributed by atoms with Crippen molar-refractivity contribution in [1.82, 2.24) is 0 Å². The van der Waals surface area contributed by atoms with Crippen molar-refractivity contribution in [2.45, 2.75) is 159 Å². The van der Waals surface area contributed by atoms with Crippen molar-refractivity contribution in [2.75, 3.05) is 9.80 Å². The molecule has 0 radical (unpaired) electrons. The molecule has 0 atom stereocenters. The Kier molecular flexibility index (Phi) is 10.4. The summed E-state index contributed by atoms with van der Waals surface area (Å²) in [6.07, 6.45) is 19.8.